The normalized spacial score (nSPS) is 12.7. The van der Waals surface area contributed by atoms with Gasteiger partial charge in [0.15, 0.2) is 11.7 Å². The van der Waals surface area contributed by atoms with E-state index in [0.29, 0.717) is 5.11 Å². The van der Waals surface area contributed by atoms with Crippen LogP contribution in [0.15, 0.2) is 18.2 Å². The maximum Gasteiger partial charge on any atom is 0.276 e. The molecule has 114 valence electrons. The molecule has 1 aliphatic rings. The number of carbonyl (C=O) groups is 1. The van der Waals surface area contributed by atoms with Gasteiger partial charge in [-0.3, -0.25) is 15.6 Å². The third kappa shape index (κ3) is 4.90. The topological polar surface area (TPSA) is 62.4 Å². The van der Waals surface area contributed by atoms with E-state index < -0.39 is 0 Å². The quantitative estimate of drug-likeness (QED) is 0.581. The van der Waals surface area contributed by atoms with Crippen molar-refractivity contribution in [3.8, 4) is 5.75 Å². The summed E-state index contributed by atoms with van der Waals surface area (Å²) in [5.74, 6) is 0.456. The first kappa shape index (κ1) is 15.6. The number of hydrogen-bond donors (Lipinski definition) is 3. The van der Waals surface area contributed by atoms with E-state index in [2.05, 4.69) is 22.2 Å². The molecule has 0 aromatic heterocycles. The molecule has 2 rings (SSSR count). The molecule has 0 atom stereocenters. The zero-order valence-corrected chi connectivity index (χ0v) is 13.2. The van der Waals surface area contributed by atoms with Gasteiger partial charge in [-0.1, -0.05) is 6.07 Å². The SMILES string of the molecule is CC(C)NC(=S)NNC(=O)COc1ccc2c(c1)CCC2. The van der Waals surface area contributed by atoms with Gasteiger partial charge in [0.05, 0.1) is 0 Å². The van der Waals surface area contributed by atoms with Crippen molar-refractivity contribution >= 4 is 23.2 Å². The number of nitrogens with one attached hydrogen (secondary N) is 3. The highest BCUT2D eigenvalue weighted by Gasteiger charge is 2.11. The van der Waals surface area contributed by atoms with E-state index in [1.807, 2.05) is 26.0 Å². The summed E-state index contributed by atoms with van der Waals surface area (Å²) in [6.45, 7) is 3.88. The Bertz CT molecular complexity index is 532. The van der Waals surface area contributed by atoms with Gasteiger partial charge >= 0.3 is 0 Å². The average Bonchev–Trinajstić information content (AvgIpc) is 2.89. The van der Waals surface area contributed by atoms with Crippen LogP contribution in [0.1, 0.15) is 31.4 Å². The van der Waals surface area contributed by atoms with Crippen molar-refractivity contribution in [2.24, 2.45) is 0 Å². The second-order valence-corrected chi connectivity index (χ2v) is 5.78. The van der Waals surface area contributed by atoms with Gasteiger partial charge in [0.2, 0.25) is 0 Å². The number of hydrazine groups is 1. The third-order valence-corrected chi connectivity index (χ3v) is 3.40. The molecule has 1 aromatic carbocycles. The fourth-order valence-corrected chi connectivity index (χ4v) is 2.53. The molecule has 0 heterocycles. The molecule has 0 saturated carbocycles. The van der Waals surface area contributed by atoms with Crippen molar-refractivity contribution in [2.75, 3.05) is 6.61 Å². The van der Waals surface area contributed by atoms with Gasteiger partial charge in [0, 0.05) is 6.04 Å². The molecule has 0 bridgehead atoms. The number of thiocarbonyl (C=S) groups is 1. The minimum atomic E-state index is -0.275. The van der Waals surface area contributed by atoms with E-state index in [0.717, 1.165) is 18.6 Å². The Kier molecular flexibility index (Phi) is 5.38. The molecule has 6 heteroatoms. The van der Waals surface area contributed by atoms with Gasteiger partial charge in [0.1, 0.15) is 5.75 Å². The molecule has 1 amide bonds. The van der Waals surface area contributed by atoms with Crippen LogP contribution in [0.5, 0.6) is 5.75 Å². The Morgan fingerprint density at radius 1 is 1.29 bits per heavy atom. The van der Waals surface area contributed by atoms with Crippen molar-refractivity contribution in [3.05, 3.63) is 29.3 Å². The second-order valence-electron chi connectivity index (χ2n) is 5.37. The molecule has 5 nitrogen and oxygen atoms in total. The molecule has 0 unspecified atom stereocenters. The van der Waals surface area contributed by atoms with E-state index in [9.17, 15) is 4.79 Å². The number of aryl methyl sites for hydroxylation is 2. The lowest BCUT2D eigenvalue weighted by Crippen LogP contribution is -2.49. The van der Waals surface area contributed by atoms with Gasteiger partial charge in [0.25, 0.3) is 5.91 Å². The highest BCUT2D eigenvalue weighted by molar-refractivity contribution is 7.80. The summed E-state index contributed by atoms with van der Waals surface area (Å²) in [7, 11) is 0. The summed E-state index contributed by atoms with van der Waals surface area (Å²) < 4.78 is 5.49. The largest absolute Gasteiger partial charge is 0.484 e. The standard InChI is InChI=1S/C15H21N3O2S/c1-10(2)16-15(21)18-17-14(19)9-20-13-7-6-11-4-3-5-12(11)8-13/h6-8,10H,3-5,9H2,1-2H3,(H,17,19)(H2,16,18,21). The Labute approximate surface area is 130 Å². The molecular weight excluding hydrogens is 286 g/mol. The monoisotopic (exact) mass is 307 g/mol. The summed E-state index contributed by atoms with van der Waals surface area (Å²) in [5.41, 5.74) is 7.84. The van der Waals surface area contributed by atoms with E-state index in [4.69, 9.17) is 17.0 Å². The smallest absolute Gasteiger partial charge is 0.276 e. The zero-order valence-electron chi connectivity index (χ0n) is 12.4. The van der Waals surface area contributed by atoms with Crippen molar-refractivity contribution in [1.82, 2.24) is 16.2 Å². The van der Waals surface area contributed by atoms with Crippen LogP contribution in [-0.4, -0.2) is 23.7 Å². The molecule has 0 saturated heterocycles. The number of amides is 1. The minimum absolute atomic E-state index is 0.0456. The van der Waals surface area contributed by atoms with Crippen molar-refractivity contribution < 1.29 is 9.53 Å². The van der Waals surface area contributed by atoms with E-state index >= 15 is 0 Å². The number of benzene rings is 1. The first-order chi connectivity index (χ1) is 10.0. The molecule has 21 heavy (non-hydrogen) atoms. The maximum absolute atomic E-state index is 11.7. The van der Waals surface area contributed by atoms with Crippen LogP contribution in [-0.2, 0) is 17.6 Å². The zero-order chi connectivity index (χ0) is 15.2. The van der Waals surface area contributed by atoms with Gasteiger partial charge < -0.3 is 10.1 Å². The number of ether oxygens (including phenoxy) is 1. The summed E-state index contributed by atoms with van der Waals surface area (Å²) >= 11 is 5.00. The van der Waals surface area contributed by atoms with E-state index in [1.54, 1.807) is 0 Å². The van der Waals surface area contributed by atoms with Crippen LogP contribution in [0.2, 0.25) is 0 Å². The highest BCUT2D eigenvalue weighted by Crippen LogP contribution is 2.25. The van der Waals surface area contributed by atoms with Gasteiger partial charge in [-0.2, -0.15) is 0 Å². The Hall–Kier alpha value is -1.82. The van der Waals surface area contributed by atoms with Crippen molar-refractivity contribution in [3.63, 3.8) is 0 Å². The predicted octanol–water partition coefficient (Wildman–Crippen LogP) is 1.46. The van der Waals surface area contributed by atoms with Gasteiger partial charge in [-0.15, -0.1) is 0 Å². The minimum Gasteiger partial charge on any atom is -0.484 e. The molecule has 1 aromatic rings. The molecule has 0 fully saturated rings. The third-order valence-electron chi connectivity index (χ3n) is 3.18. The van der Waals surface area contributed by atoms with Crippen LogP contribution in [0.25, 0.3) is 0 Å². The molecule has 1 aliphatic carbocycles. The molecule has 0 aliphatic heterocycles. The lowest BCUT2D eigenvalue weighted by atomic mass is 10.1. The molecular formula is C15H21N3O2S. The Morgan fingerprint density at radius 2 is 2.05 bits per heavy atom. The lowest BCUT2D eigenvalue weighted by molar-refractivity contribution is -0.123. The Balaban J connectivity index is 1.73. The molecule has 0 spiro atoms. The van der Waals surface area contributed by atoms with Crippen molar-refractivity contribution in [2.45, 2.75) is 39.2 Å². The molecule has 3 N–H and O–H groups in total. The summed E-state index contributed by atoms with van der Waals surface area (Å²) in [4.78, 5) is 11.7. The summed E-state index contributed by atoms with van der Waals surface area (Å²) in [5, 5.41) is 3.35. The number of rotatable bonds is 4. The Morgan fingerprint density at radius 3 is 2.81 bits per heavy atom. The van der Waals surface area contributed by atoms with Crippen LogP contribution in [0.3, 0.4) is 0 Å². The maximum atomic E-state index is 11.7. The number of fused-ring (bicyclic) bond motifs is 1. The average molecular weight is 307 g/mol. The van der Waals surface area contributed by atoms with Gasteiger partial charge in [-0.05, 0) is 68.6 Å². The van der Waals surface area contributed by atoms with Crippen LogP contribution in [0, 0.1) is 0 Å². The van der Waals surface area contributed by atoms with Gasteiger partial charge in [-0.25, -0.2) is 0 Å². The van der Waals surface area contributed by atoms with Crippen LogP contribution >= 0.6 is 12.2 Å². The second kappa shape index (κ2) is 7.26. The van der Waals surface area contributed by atoms with E-state index in [-0.39, 0.29) is 18.6 Å². The first-order valence-corrected chi connectivity index (χ1v) is 7.55. The van der Waals surface area contributed by atoms with E-state index in [1.165, 1.54) is 17.5 Å². The summed E-state index contributed by atoms with van der Waals surface area (Å²) in [6, 6.07) is 6.23. The fraction of sp³-hybridized carbons (Fsp3) is 0.467. The molecule has 0 radical (unpaired) electrons. The number of carbonyl (C=O) groups excluding carboxylic acids is 1. The fourth-order valence-electron chi connectivity index (χ4n) is 2.25. The van der Waals surface area contributed by atoms with Crippen LogP contribution < -0.4 is 20.9 Å². The number of hydrogen-bond acceptors (Lipinski definition) is 3. The van der Waals surface area contributed by atoms with Crippen molar-refractivity contribution in [1.29, 1.82) is 0 Å². The predicted molar refractivity (Wildman–Crippen MR) is 86.1 cm³/mol. The first-order valence-electron chi connectivity index (χ1n) is 7.14. The van der Waals surface area contributed by atoms with Crippen LogP contribution in [0.4, 0.5) is 0 Å². The lowest BCUT2D eigenvalue weighted by Gasteiger charge is -2.14. The summed E-state index contributed by atoms with van der Waals surface area (Å²) in [6.07, 6.45) is 3.43. The highest BCUT2D eigenvalue weighted by atomic mass is 32.1.